The van der Waals surface area contributed by atoms with E-state index in [1.54, 1.807) is 14.1 Å². The normalized spacial score (nSPS) is 10.8. The fourth-order valence-corrected chi connectivity index (χ4v) is 2.15. The van der Waals surface area contributed by atoms with E-state index in [0.717, 1.165) is 50.5 Å². The first-order valence-electron chi connectivity index (χ1n) is 8.54. The van der Waals surface area contributed by atoms with Gasteiger partial charge in [0.15, 0.2) is 5.96 Å². The SMILES string of the molecule is CCCCOCCNC(=NC)NCCc1cccc(C(=O)NC)c1.I. The van der Waals surface area contributed by atoms with Crippen LogP contribution in [0, 0.1) is 0 Å². The fourth-order valence-electron chi connectivity index (χ4n) is 2.15. The average Bonchev–Trinajstić information content (AvgIpc) is 2.62. The van der Waals surface area contributed by atoms with Gasteiger partial charge in [-0.25, -0.2) is 0 Å². The third-order valence-corrected chi connectivity index (χ3v) is 3.53. The number of hydrogen-bond acceptors (Lipinski definition) is 3. The van der Waals surface area contributed by atoms with Gasteiger partial charge in [-0.15, -0.1) is 24.0 Å². The Bertz CT molecular complexity index is 524. The molecule has 6 nitrogen and oxygen atoms in total. The number of nitrogens with one attached hydrogen (secondary N) is 3. The molecule has 0 saturated heterocycles. The van der Waals surface area contributed by atoms with Gasteiger partial charge >= 0.3 is 0 Å². The Morgan fingerprint density at radius 3 is 2.64 bits per heavy atom. The van der Waals surface area contributed by atoms with Crippen LogP contribution < -0.4 is 16.0 Å². The first kappa shape index (κ1) is 23.6. The summed E-state index contributed by atoms with van der Waals surface area (Å²) in [6.07, 6.45) is 3.07. The first-order valence-corrected chi connectivity index (χ1v) is 8.54. The minimum atomic E-state index is -0.0645. The van der Waals surface area contributed by atoms with E-state index < -0.39 is 0 Å². The van der Waals surface area contributed by atoms with Crippen molar-refractivity contribution in [3.8, 4) is 0 Å². The number of aliphatic imine (C=N–C) groups is 1. The van der Waals surface area contributed by atoms with Crippen molar-refractivity contribution < 1.29 is 9.53 Å². The molecular formula is C18H31IN4O2. The van der Waals surface area contributed by atoms with Gasteiger partial charge in [-0.1, -0.05) is 25.5 Å². The lowest BCUT2D eigenvalue weighted by molar-refractivity contribution is 0.0963. The maximum atomic E-state index is 11.6. The second-order valence-electron chi connectivity index (χ2n) is 5.42. The molecule has 1 aromatic rings. The predicted octanol–water partition coefficient (Wildman–Crippen LogP) is 2.19. The highest BCUT2D eigenvalue weighted by Crippen LogP contribution is 2.05. The molecule has 25 heavy (non-hydrogen) atoms. The van der Waals surface area contributed by atoms with Gasteiger partial charge in [0, 0.05) is 39.4 Å². The first-order chi connectivity index (χ1) is 11.7. The molecule has 0 spiro atoms. The Morgan fingerprint density at radius 1 is 1.20 bits per heavy atom. The molecule has 0 heterocycles. The third-order valence-electron chi connectivity index (χ3n) is 3.53. The molecule has 0 bridgehead atoms. The Balaban J connectivity index is 0.00000576. The van der Waals surface area contributed by atoms with E-state index in [2.05, 4.69) is 27.9 Å². The van der Waals surface area contributed by atoms with Crippen molar-refractivity contribution in [2.24, 2.45) is 4.99 Å². The van der Waals surface area contributed by atoms with Gasteiger partial charge in [-0.05, 0) is 30.5 Å². The van der Waals surface area contributed by atoms with Crippen molar-refractivity contribution in [1.29, 1.82) is 0 Å². The van der Waals surface area contributed by atoms with E-state index >= 15 is 0 Å². The number of guanidine groups is 1. The number of amides is 1. The van der Waals surface area contributed by atoms with Crippen molar-refractivity contribution in [3.63, 3.8) is 0 Å². The van der Waals surface area contributed by atoms with E-state index in [1.165, 1.54) is 0 Å². The maximum Gasteiger partial charge on any atom is 0.251 e. The van der Waals surface area contributed by atoms with Crippen LogP contribution in [-0.2, 0) is 11.2 Å². The monoisotopic (exact) mass is 462 g/mol. The fraction of sp³-hybridized carbons (Fsp3) is 0.556. The molecular weight excluding hydrogens is 431 g/mol. The van der Waals surface area contributed by atoms with Gasteiger partial charge in [0.2, 0.25) is 0 Å². The summed E-state index contributed by atoms with van der Waals surface area (Å²) in [5, 5.41) is 9.12. The molecule has 7 heteroatoms. The minimum absolute atomic E-state index is 0. The van der Waals surface area contributed by atoms with Crippen LogP contribution in [0.15, 0.2) is 29.3 Å². The van der Waals surface area contributed by atoms with Crippen LogP contribution in [0.3, 0.4) is 0 Å². The highest BCUT2D eigenvalue weighted by Gasteiger charge is 2.04. The second kappa shape index (κ2) is 14.9. The number of carbonyl (C=O) groups excluding carboxylic acids is 1. The maximum absolute atomic E-state index is 11.6. The number of nitrogens with zero attached hydrogens (tertiary/aromatic N) is 1. The zero-order valence-corrected chi connectivity index (χ0v) is 17.8. The summed E-state index contributed by atoms with van der Waals surface area (Å²) in [5.41, 5.74) is 1.80. The number of carbonyl (C=O) groups is 1. The molecule has 0 atom stereocenters. The number of halogens is 1. The molecule has 1 rings (SSSR count). The zero-order chi connectivity index (χ0) is 17.6. The summed E-state index contributed by atoms with van der Waals surface area (Å²) in [6, 6.07) is 7.65. The summed E-state index contributed by atoms with van der Waals surface area (Å²) in [4.78, 5) is 15.8. The average molecular weight is 462 g/mol. The second-order valence-corrected chi connectivity index (χ2v) is 5.42. The van der Waals surface area contributed by atoms with Gasteiger partial charge < -0.3 is 20.7 Å². The summed E-state index contributed by atoms with van der Waals surface area (Å²) >= 11 is 0. The zero-order valence-electron chi connectivity index (χ0n) is 15.4. The summed E-state index contributed by atoms with van der Waals surface area (Å²) in [6.45, 7) is 5.11. The molecule has 0 saturated carbocycles. The van der Waals surface area contributed by atoms with Crippen molar-refractivity contribution in [1.82, 2.24) is 16.0 Å². The van der Waals surface area contributed by atoms with Gasteiger partial charge in [0.1, 0.15) is 0 Å². The quantitative estimate of drug-likeness (QED) is 0.216. The Kier molecular flexibility index (Phi) is 14.1. The molecule has 0 aliphatic heterocycles. The van der Waals surface area contributed by atoms with E-state index in [0.29, 0.717) is 12.2 Å². The number of hydrogen-bond donors (Lipinski definition) is 3. The number of ether oxygens (including phenoxy) is 1. The number of rotatable bonds is 10. The molecule has 0 fully saturated rings. The van der Waals surface area contributed by atoms with E-state index in [1.807, 2.05) is 24.3 Å². The van der Waals surface area contributed by atoms with E-state index in [9.17, 15) is 4.79 Å². The lowest BCUT2D eigenvalue weighted by atomic mass is 10.1. The van der Waals surface area contributed by atoms with Crippen LogP contribution in [0.5, 0.6) is 0 Å². The Labute approximate surface area is 168 Å². The predicted molar refractivity (Wildman–Crippen MR) is 114 cm³/mol. The number of unbranched alkanes of at least 4 members (excludes halogenated alkanes) is 1. The van der Waals surface area contributed by atoms with Crippen LogP contribution in [0.25, 0.3) is 0 Å². The molecule has 0 unspecified atom stereocenters. The van der Waals surface area contributed by atoms with Crippen LogP contribution in [0.4, 0.5) is 0 Å². The smallest absolute Gasteiger partial charge is 0.251 e. The topological polar surface area (TPSA) is 74.8 Å². The van der Waals surface area contributed by atoms with Gasteiger partial charge in [-0.3, -0.25) is 9.79 Å². The van der Waals surface area contributed by atoms with Crippen LogP contribution >= 0.6 is 24.0 Å². The van der Waals surface area contributed by atoms with Crippen molar-refractivity contribution >= 4 is 35.8 Å². The van der Waals surface area contributed by atoms with Crippen LogP contribution in [0.1, 0.15) is 35.7 Å². The van der Waals surface area contributed by atoms with Gasteiger partial charge in [-0.2, -0.15) is 0 Å². The van der Waals surface area contributed by atoms with Gasteiger partial charge in [0.25, 0.3) is 5.91 Å². The lowest BCUT2D eigenvalue weighted by Gasteiger charge is -2.12. The summed E-state index contributed by atoms with van der Waals surface area (Å²) < 4.78 is 5.51. The molecule has 0 aliphatic carbocycles. The Morgan fingerprint density at radius 2 is 1.96 bits per heavy atom. The van der Waals surface area contributed by atoms with Gasteiger partial charge in [0.05, 0.1) is 6.61 Å². The molecule has 1 amide bonds. The standard InChI is InChI=1S/C18H30N4O2.HI/c1-4-5-12-24-13-11-22-18(20-3)21-10-9-15-7-6-8-16(14-15)17(23)19-2;/h6-8,14H,4-5,9-13H2,1-3H3,(H,19,23)(H2,20,21,22);1H. The number of benzene rings is 1. The summed E-state index contributed by atoms with van der Waals surface area (Å²) in [7, 11) is 3.39. The van der Waals surface area contributed by atoms with Crippen LogP contribution in [-0.4, -0.2) is 52.3 Å². The van der Waals surface area contributed by atoms with Crippen molar-refractivity contribution in [2.75, 3.05) is 40.4 Å². The van der Waals surface area contributed by atoms with E-state index in [-0.39, 0.29) is 29.9 Å². The molecule has 0 aliphatic rings. The van der Waals surface area contributed by atoms with Crippen molar-refractivity contribution in [3.05, 3.63) is 35.4 Å². The highest BCUT2D eigenvalue weighted by atomic mass is 127. The summed E-state index contributed by atoms with van der Waals surface area (Å²) in [5.74, 6) is 0.696. The largest absolute Gasteiger partial charge is 0.380 e. The molecule has 142 valence electrons. The third kappa shape index (κ3) is 10.3. The minimum Gasteiger partial charge on any atom is -0.380 e. The molecule has 1 aromatic carbocycles. The molecule has 3 N–H and O–H groups in total. The van der Waals surface area contributed by atoms with Crippen molar-refractivity contribution in [2.45, 2.75) is 26.2 Å². The lowest BCUT2D eigenvalue weighted by Crippen LogP contribution is -2.39. The molecule has 0 aromatic heterocycles. The van der Waals surface area contributed by atoms with E-state index in [4.69, 9.17) is 4.74 Å². The highest BCUT2D eigenvalue weighted by molar-refractivity contribution is 14.0. The molecule has 0 radical (unpaired) electrons. The Hall–Kier alpha value is -1.35. The van der Waals surface area contributed by atoms with Crippen LogP contribution in [0.2, 0.25) is 0 Å².